The Kier molecular flexibility index (Phi) is 4.78. The van der Waals surface area contributed by atoms with E-state index in [9.17, 15) is 4.79 Å². The van der Waals surface area contributed by atoms with Crippen LogP contribution >= 0.6 is 0 Å². The molecular weight excluding hydrogens is 362 g/mol. The first kappa shape index (κ1) is 19.1. The second-order valence-electron chi connectivity index (χ2n) is 7.69. The van der Waals surface area contributed by atoms with Gasteiger partial charge in [-0.1, -0.05) is 17.7 Å². The van der Waals surface area contributed by atoms with Gasteiger partial charge in [0.1, 0.15) is 0 Å². The molecule has 0 saturated carbocycles. The highest BCUT2D eigenvalue weighted by Crippen LogP contribution is 2.25. The summed E-state index contributed by atoms with van der Waals surface area (Å²) in [5.41, 5.74) is 8.58. The molecule has 0 atom stereocenters. The molecule has 3 aromatic heterocycles. The third-order valence-corrected chi connectivity index (χ3v) is 5.35. The predicted octanol–water partition coefficient (Wildman–Crippen LogP) is 4.39. The molecule has 148 valence electrons. The summed E-state index contributed by atoms with van der Waals surface area (Å²) < 4.78 is 1.87. The third kappa shape index (κ3) is 3.58. The van der Waals surface area contributed by atoms with Crippen molar-refractivity contribution in [3.8, 4) is 0 Å². The summed E-state index contributed by atoms with van der Waals surface area (Å²) in [7, 11) is 0. The highest BCUT2D eigenvalue weighted by Gasteiger charge is 2.17. The van der Waals surface area contributed by atoms with Gasteiger partial charge in [-0.3, -0.25) is 4.79 Å². The largest absolute Gasteiger partial charge is 0.326 e. The fraction of sp³-hybridized carbons (Fsp3) is 0.304. The summed E-state index contributed by atoms with van der Waals surface area (Å²) in [5.74, 6) is -0.00786. The van der Waals surface area contributed by atoms with Crippen LogP contribution in [0.5, 0.6) is 0 Å². The Bertz CT molecular complexity index is 1240. The maximum Gasteiger partial charge on any atom is 0.224 e. The monoisotopic (exact) mass is 387 g/mol. The lowest BCUT2D eigenvalue weighted by Crippen LogP contribution is -2.14. The SMILES string of the molecule is Cc1ccc(NC(=O)CCc2c(C)nc3c4c(C)cc(C)nc4nn3c2C)cc1. The molecule has 6 heteroatoms. The number of hydrogen-bond acceptors (Lipinski definition) is 4. The summed E-state index contributed by atoms with van der Waals surface area (Å²) in [5, 5.41) is 8.63. The molecule has 0 aliphatic carbocycles. The Morgan fingerprint density at radius 2 is 1.76 bits per heavy atom. The number of amides is 1. The van der Waals surface area contributed by atoms with Crippen molar-refractivity contribution >= 4 is 28.3 Å². The van der Waals surface area contributed by atoms with Crippen LogP contribution in [0.15, 0.2) is 30.3 Å². The van der Waals surface area contributed by atoms with Gasteiger partial charge in [0.2, 0.25) is 5.91 Å². The zero-order valence-corrected chi connectivity index (χ0v) is 17.5. The average molecular weight is 387 g/mol. The molecule has 0 radical (unpaired) electrons. The molecule has 0 aliphatic rings. The summed E-state index contributed by atoms with van der Waals surface area (Å²) in [6, 6.07) is 9.87. The molecule has 4 rings (SSSR count). The second-order valence-corrected chi connectivity index (χ2v) is 7.69. The molecule has 6 nitrogen and oxygen atoms in total. The van der Waals surface area contributed by atoms with E-state index in [4.69, 9.17) is 4.98 Å². The smallest absolute Gasteiger partial charge is 0.224 e. The van der Waals surface area contributed by atoms with Gasteiger partial charge in [-0.2, -0.15) is 0 Å². The molecular formula is C23H25N5O. The van der Waals surface area contributed by atoms with Crippen LogP contribution < -0.4 is 5.32 Å². The van der Waals surface area contributed by atoms with Gasteiger partial charge in [-0.05, 0) is 70.4 Å². The van der Waals surface area contributed by atoms with Crippen LogP contribution in [0.25, 0.3) is 16.7 Å². The van der Waals surface area contributed by atoms with Crippen LogP contribution in [0.1, 0.15) is 40.2 Å². The van der Waals surface area contributed by atoms with Crippen molar-refractivity contribution in [3.05, 3.63) is 64.1 Å². The van der Waals surface area contributed by atoms with Gasteiger partial charge < -0.3 is 5.32 Å². The van der Waals surface area contributed by atoms with E-state index in [0.29, 0.717) is 18.5 Å². The molecule has 1 N–H and O–H groups in total. The highest BCUT2D eigenvalue weighted by atomic mass is 16.1. The van der Waals surface area contributed by atoms with Crippen molar-refractivity contribution in [1.29, 1.82) is 0 Å². The Morgan fingerprint density at radius 3 is 2.48 bits per heavy atom. The van der Waals surface area contributed by atoms with Crippen molar-refractivity contribution < 1.29 is 4.79 Å². The van der Waals surface area contributed by atoms with E-state index >= 15 is 0 Å². The molecule has 1 aromatic carbocycles. The van der Waals surface area contributed by atoms with Crippen molar-refractivity contribution in [1.82, 2.24) is 19.6 Å². The van der Waals surface area contributed by atoms with Crippen molar-refractivity contribution in [2.24, 2.45) is 0 Å². The summed E-state index contributed by atoms with van der Waals surface area (Å²) in [6.45, 7) is 10.1. The fourth-order valence-electron chi connectivity index (χ4n) is 3.83. The van der Waals surface area contributed by atoms with Crippen LogP contribution in [0, 0.1) is 34.6 Å². The summed E-state index contributed by atoms with van der Waals surface area (Å²) >= 11 is 0. The van der Waals surface area contributed by atoms with E-state index < -0.39 is 0 Å². The minimum Gasteiger partial charge on any atom is -0.326 e. The molecule has 1 amide bonds. The third-order valence-electron chi connectivity index (χ3n) is 5.35. The van der Waals surface area contributed by atoms with Gasteiger partial charge in [0.15, 0.2) is 11.3 Å². The van der Waals surface area contributed by atoms with E-state index in [1.807, 2.05) is 56.5 Å². The van der Waals surface area contributed by atoms with Crippen molar-refractivity contribution in [3.63, 3.8) is 0 Å². The van der Waals surface area contributed by atoms with Gasteiger partial charge in [0.05, 0.1) is 5.39 Å². The standard InChI is InChI=1S/C23H25N5O/c1-13-6-8-18(9-7-13)26-20(29)11-10-19-16(4)25-23-21-14(2)12-15(3)24-22(21)27-28(23)17(19)5/h6-9,12H,10-11H2,1-5H3,(H,26,29). The molecule has 0 bridgehead atoms. The number of nitrogens with zero attached hydrogens (tertiary/aromatic N) is 4. The lowest BCUT2D eigenvalue weighted by atomic mass is 10.1. The minimum atomic E-state index is -0.00786. The minimum absolute atomic E-state index is 0.00786. The lowest BCUT2D eigenvalue weighted by molar-refractivity contribution is -0.116. The number of hydrogen-bond donors (Lipinski definition) is 1. The Labute approximate surface area is 170 Å². The lowest BCUT2D eigenvalue weighted by Gasteiger charge is -2.11. The molecule has 0 saturated heterocycles. The number of fused-ring (bicyclic) bond motifs is 3. The van der Waals surface area contributed by atoms with Crippen LogP contribution in [0.3, 0.4) is 0 Å². The van der Waals surface area contributed by atoms with Crippen LogP contribution in [0.2, 0.25) is 0 Å². The first-order chi connectivity index (χ1) is 13.8. The number of rotatable bonds is 4. The Hall–Kier alpha value is -3.28. The van der Waals surface area contributed by atoms with Gasteiger partial charge in [0.25, 0.3) is 0 Å². The highest BCUT2D eigenvalue weighted by molar-refractivity contribution is 5.93. The number of carbonyl (C=O) groups excluding carboxylic acids is 1. The molecule has 29 heavy (non-hydrogen) atoms. The normalized spacial score (nSPS) is 11.3. The summed E-state index contributed by atoms with van der Waals surface area (Å²) in [4.78, 5) is 21.8. The van der Waals surface area contributed by atoms with Crippen molar-refractivity contribution in [2.45, 2.75) is 47.5 Å². The number of anilines is 1. The predicted molar refractivity (Wildman–Crippen MR) is 115 cm³/mol. The van der Waals surface area contributed by atoms with Gasteiger partial charge in [0, 0.05) is 29.2 Å². The van der Waals surface area contributed by atoms with E-state index in [0.717, 1.165) is 44.9 Å². The first-order valence-corrected chi connectivity index (χ1v) is 9.83. The zero-order chi connectivity index (χ0) is 20.7. The zero-order valence-electron chi connectivity index (χ0n) is 17.5. The summed E-state index contributed by atoms with van der Waals surface area (Å²) in [6.07, 6.45) is 1.000. The Morgan fingerprint density at radius 1 is 1.03 bits per heavy atom. The van der Waals surface area contributed by atoms with E-state index in [-0.39, 0.29) is 5.91 Å². The van der Waals surface area contributed by atoms with E-state index in [1.165, 1.54) is 5.56 Å². The van der Waals surface area contributed by atoms with Crippen LogP contribution in [-0.4, -0.2) is 25.5 Å². The molecule has 0 fully saturated rings. The quantitative estimate of drug-likeness (QED) is 0.564. The first-order valence-electron chi connectivity index (χ1n) is 9.83. The van der Waals surface area contributed by atoms with Gasteiger partial charge in [-0.25, -0.2) is 14.5 Å². The molecule has 0 unspecified atom stereocenters. The van der Waals surface area contributed by atoms with Crippen LogP contribution in [-0.2, 0) is 11.2 Å². The number of aryl methyl sites for hydroxylation is 5. The number of carbonyl (C=O) groups is 1. The van der Waals surface area contributed by atoms with Crippen molar-refractivity contribution in [2.75, 3.05) is 5.32 Å². The number of benzene rings is 1. The number of pyridine rings is 1. The molecule has 3 heterocycles. The number of aromatic nitrogens is 4. The Balaban J connectivity index is 1.62. The maximum absolute atomic E-state index is 12.4. The van der Waals surface area contributed by atoms with Crippen LogP contribution in [0.4, 0.5) is 5.69 Å². The molecule has 4 aromatic rings. The second kappa shape index (κ2) is 7.28. The molecule has 0 aliphatic heterocycles. The number of nitrogens with one attached hydrogen (secondary N) is 1. The molecule has 0 spiro atoms. The average Bonchev–Trinajstić information content (AvgIpc) is 3.02. The van der Waals surface area contributed by atoms with E-state index in [2.05, 4.69) is 28.4 Å². The maximum atomic E-state index is 12.4. The van der Waals surface area contributed by atoms with Gasteiger partial charge >= 0.3 is 0 Å². The fourth-order valence-corrected chi connectivity index (χ4v) is 3.83. The van der Waals surface area contributed by atoms with E-state index in [1.54, 1.807) is 0 Å². The van der Waals surface area contributed by atoms with Gasteiger partial charge in [-0.15, -0.1) is 5.10 Å². The topological polar surface area (TPSA) is 72.2 Å².